The summed E-state index contributed by atoms with van der Waals surface area (Å²) < 4.78 is 26.8. The largest absolute Gasteiger partial charge is 0.444 e. The monoisotopic (exact) mass is 299 g/mol. The zero-order valence-electron chi connectivity index (χ0n) is 11.5. The molecule has 0 aromatic rings. The highest BCUT2D eigenvalue weighted by Gasteiger charge is 2.23. The van der Waals surface area contributed by atoms with Crippen LogP contribution in [-0.2, 0) is 13.8 Å². The van der Waals surface area contributed by atoms with Crippen LogP contribution < -0.4 is 5.32 Å². The van der Waals surface area contributed by atoms with Crippen molar-refractivity contribution < 1.29 is 17.9 Å². The van der Waals surface area contributed by atoms with Gasteiger partial charge in [0.1, 0.15) is 5.60 Å². The first kappa shape index (κ1) is 17.5. The van der Waals surface area contributed by atoms with Gasteiger partial charge in [-0.25, -0.2) is 13.2 Å². The van der Waals surface area contributed by atoms with Crippen LogP contribution in [0.1, 0.15) is 41.0 Å². The molecule has 0 saturated heterocycles. The molecule has 0 aliphatic heterocycles. The maximum Gasteiger partial charge on any atom is 0.407 e. The number of nitrogens with one attached hydrogen (secondary N) is 1. The number of carbonyl (C=O) groups excluding carboxylic acids is 1. The van der Waals surface area contributed by atoms with Crippen molar-refractivity contribution in [2.24, 2.45) is 5.41 Å². The van der Waals surface area contributed by atoms with Gasteiger partial charge in [-0.05, 0) is 32.6 Å². The summed E-state index contributed by atoms with van der Waals surface area (Å²) in [5.41, 5.74) is -0.910. The topological polar surface area (TPSA) is 72.5 Å². The first-order valence-corrected chi connectivity index (χ1v) is 8.18. The average Bonchev–Trinajstić information content (AvgIpc) is 2.08. The zero-order chi connectivity index (χ0) is 14.6. The minimum atomic E-state index is -3.50. The van der Waals surface area contributed by atoms with Gasteiger partial charge in [0.05, 0.1) is 5.75 Å². The van der Waals surface area contributed by atoms with E-state index in [4.69, 9.17) is 15.4 Å². The van der Waals surface area contributed by atoms with Gasteiger partial charge in [0.15, 0.2) is 0 Å². The van der Waals surface area contributed by atoms with E-state index >= 15 is 0 Å². The molecule has 0 fully saturated rings. The summed E-state index contributed by atoms with van der Waals surface area (Å²) in [6.45, 7) is 9.36. The molecule has 0 saturated carbocycles. The van der Waals surface area contributed by atoms with Gasteiger partial charge >= 0.3 is 6.09 Å². The van der Waals surface area contributed by atoms with Crippen molar-refractivity contribution in [3.8, 4) is 0 Å². The van der Waals surface area contributed by atoms with Gasteiger partial charge in [0.2, 0.25) is 9.05 Å². The van der Waals surface area contributed by atoms with Crippen LogP contribution >= 0.6 is 10.7 Å². The van der Waals surface area contributed by atoms with E-state index in [0.29, 0.717) is 13.0 Å². The van der Waals surface area contributed by atoms with Gasteiger partial charge in [-0.1, -0.05) is 13.8 Å². The van der Waals surface area contributed by atoms with Crippen molar-refractivity contribution in [3.63, 3.8) is 0 Å². The molecule has 0 aliphatic carbocycles. The predicted molar refractivity (Wildman–Crippen MR) is 72.3 cm³/mol. The van der Waals surface area contributed by atoms with E-state index in [-0.39, 0.29) is 11.2 Å². The van der Waals surface area contributed by atoms with Crippen molar-refractivity contribution in [3.05, 3.63) is 0 Å². The number of ether oxygens (including phenoxy) is 1. The Bertz CT molecular complexity index is 384. The molecule has 18 heavy (non-hydrogen) atoms. The molecule has 0 aliphatic rings. The second-order valence-corrected chi connectivity index (χ2v) is 8.91. The van der Waals surface area contributed by atoms with E-state index in [1.807, 2.05) is 13.8 Å². The number of alkyl carbamates (subject to hydrolysis) is 1. The number of amides is 1. The maximum absolute atomic E-state index is 11.4. The molecule has 0 heterocycles. The Labute approximate surface area is 114 Å². The molecule has 0 aromatic carbocycles. The van der Waals surface area contributed by atoms with E-state index in [2.05, 4.69) is 5.32 Å². The van der Waals surface area contributed by atoms with Gasteiger partial charge in [-0.2, -0.15) is 0 Å². The van der Waals surface area contributed by atoms with Gasteiger partial charge in [0.25, 0.3) is 0 Å². The third kappa shape index (κ3) is 10.7. The van der Waals surface area contributed by atoms with Gasteiger partial charge in [0, 0.05) is 17.2 Å². The third-order valence-electron chi connectivity index (χ3n) is 2.13. The lowest BCUT2D eigenvalue weighted by atomic mass is 9.90. The van der Waals surface area contributed by atoms with Crippen molar-refractivity contribution >= 4 is 25.8 Å². The van der Waals surface area contributed by atoms with Crippen LogP contribution in [0, 0.1) is 5.41 Å². The molecule has 0 aromatic heterocycles. The summed E-state index contributed by atoms with van der Waals surface area (Å²) in [5.74, 6) is -0.114. The summed E-state index contributed by atoms with van der Waals surface area (Å²) in [6.07, 6.45) is -0.140. The fourth-order valence-electron chi connectivity index (χ4n) is 1.11. The summed E-state index contributed by atoms with van der Waals surface area (Å²) in [6, 6.07) is 0. The first-order valence-electron chi connectivity index (χ1n) is 5.70. The van der Waals surface area contributed by atoms with E-state index in [0.717, 1.165) is 0 Å². The minimum absolute atomic E-state index is 0.114. The smallest absolute Gasteiger partial charge is 0.407 e. The number of carbonyl (C=O) groups is 1. The maximum atomic E-state index is 11.4. The van der Waals surface area contributed by atoms with Crippen molar-refractivity contribution in [2.45, 2.75) is 46.6 Å². The lowest BCUT2D eigenvalue weighted by Gasteiger charge is -2.26. The highest BCUT2D eigenvalue weighted by atomic mass is 35.7. The summed E-state index contributed by atoms with van der Waals surface area (Å²) >= 11 is 0. The number of hydrogen-bond donors (Lipinski definition) is 1. The molecule has 0 radical (unpaired) electrons. The Balaban J connectivity index is 4.15. The summed E-state index contributed by atoms with van der Waals surface area (Å²) in [7, 11) is 1.65. The van der Waals surface area contributed by atoms with E-state index in [1.165, 1.54) is 0 Å². The highest BCUT2D eigenvalue weighted by Crippen LogP contribution is 2.21. The summed E-state index contributed by atoms with van der Waals surface area (Å²) in [4.78, 5) is 11.4. The minimum Gasteiger partial charge on any atom is -0.444 e. The molecule has 1 N–H and O–H groups in total. The van der Waals surface area contributed by atoms with Crippen LogP contribution in [-0.4, -0.2) is 32.4 Å². The molecule has 1 amide bonds. The standard InChI is InChI=1S/C11H22ClNO4S/c1-10(2,3)17-9(14)13-8-11(4,5)6-7-18(12,15)16/h6-8H2,1-5H3,(H,13,14). The quantitative estimate of drug-likeness (QED) is 0.792. The van der Waals surface area contributed by atoms with E-state index in [1.54, 1.807) is 20.8 Å². The Morgan fingerprint density at radius 1 is 1.22 bits per heavy atom. The van der Waals surface area contributed by atoms with Crippen LogP contribution in [0.3, 0.4) is 0 Å². The first-order chi connectivity index (χ1) is 7.81. The Morgan fingerprint density at radius 3 is 2.11 bits per heavy atom. The molecular weight excluding hydrogens is 278 g/mol. The molecule has 5 nitrogen and oxygen atoms in total. The van der Waals surface area contributed by atoms with Crippen LogP contribution in [0.5, 0.6) is 0 Å². The molecule has 7 heteroatoms. The van der Waals surface area contributed by atoms with E-state index in [9.17, 15) is 13.2 Å². The molecule has 0 spiro atoms. The Hall–Kier alpha value is -0.490. The second-order valence-electron chi connectivity index (χ2n) is 6.01. The van der Waals surface area contributed by atoms with Crippen LogP contribution in [0.25, 0.3) is 0 Å². The number of hydrogen-bond acceptors (Lipinski definition) is 4. The van der Waals surface area contributed by atoms with Crippen LogP contribution in [0.2, 0.25) is 0 Å². The SMILES string of the molecule is CC(C)(CCS(=O)(=O)Cl)CNC(=O)OC(C)(C)C. The zero-order valence-corrected chi connectivity index (χ0v) is 13.1. The third-order valence-corrected chi connectivity index (χ3v) is 3.29. The molecule has 0 atom stereocenters. The molecule has 0 unspecified atom stereocenters. The highest BCUT2D eigenvalue weighted by molar-refractivity contribution is 8.13. The van der Waals surface area contributed by atoms with Gasteiger partial charge < -0.3 is 10.1 Å². The Kier molecular flexibility index (Phi) is 5.94. The number of rotatable bonds is 5. The molecular formula is C11H22ClNO4S. The van der Waals surface area contributed by atoms with Gasteiger partial charge in [-0.15, -0.1) is 0 Å². The fraction of sp³-hybridized carbons (Fsp3) is 0.909. The second kappa shape index (κ2) is 6.10. The van der Waals surface area contributed by atoms with Crippen molar-refractivity contribution in [1.82, 2.24) is 5.32 Å². The van der Waals surface area contributed by atoms with E-state index < -0.39 is 20.7 Å². The van der Waals surface area contributed by atoms with Crippen molar-refractivity contribution in [1.29, 1.82) is 0 Å². The lowest BCUT2D eigenvalue weighted by molar-refractivity contribution is 0.0506. The van der Waals surface area contributed by atoms with Crippen molar-refractivity contribution in [2.75, 3.05) is 12.3 Å². The average molecular weight is 300 g/mol. The number of halogens is 1. The molecule has 0 bridgehead atoms. The molecule has 0 rings (SSSR count). The molecule has 108 valence electrons. The fourth-order valence-corrected chi connectivity index (χ4v) is 2.14. The van der Waals surface area contributed by atoms with Crippen LogP contribution in [0.4, 0.5) is 4.79 Å². The van der Waals surface area contributed by atoms with Crippen LogP contribution in [0.15, 0.2) is 0 Å². The lowest BCUT2D eigenvalue weighted by Crippen LogP contribution is -2.38. The normalized spacial score (nSPS) is 13.2. The predicted octanol–water partition coefficient (Wildman–Crippen LogP) is 2.50. The van der Waals surface area contributed by atoms with Gasteiger partial charge in [-0.3, -0.25) is 0 Å². The summed E-state index contributed by atoms with van der Waals surface area (Å²) in [5, 5.41) is 2.62. The Morgan fingerprint density at radius 2 is 1.72 bits per heavy atom.